The zero-order valence-electron chi connectivity index (χ0n) is 11.6. The topological polar surface area (TPSA) is 68.1 Å². The van der Waals surface area contributed by atoms with Gasteiger partial charge in [-0.05, 0) is 44.7 Å². The molecule has 1 aliphatic carbocycles. The monoisotopic (exact) mass is 263 g/mol. The molecule has 104 valence electrons. The van der Waals surface area contributed by atoms with E-state index < -0.39 is 0 Å². The van der Waals surface area contributed by atoms with E-state index >= 15 is 0 Å². The van der Waals surface area contributed by atoms with Crippen LogP contribution in [-0.2, 0) is 6.42 Å². The predicted molar refractivity (Wildman–Crippen MR) is 74.1 cm³/mol. The first-order valence-corrected chi connectivity index (χ1v) is 6.96. The van der Waals surface area contributed by atoms with E-state index in [1.165, 1.54) is 12.8 Å². The van der Waals surface area contributed by atoms with E-state index in [0.29, 0.717) is 11.7 Å². The number of hydrogen-bond acceptors (Lipinski definition) is 4. The maximum Gasteiger partial charge on any atom is 0.290 e. The van der Waals surface area contributed by atoms with Crippen LogP contribution < -0.4 is 5.32 Å². The van der Waals surface area contributed by atoms with E-state index in [2.05, 4.69) is 17.2 Å². The first-order valence-electron chi connectivity index (χ1n) is 6.96. The molecule has 5 heteroatoms. The number of rotatable bonds is 7. The van der Waals surface area contributed by atoms with Crippen molar-refractivity contribution < 1.29 is 4.92 Å². The summed E-state index contributed by atoms with van der Waals surface area (Å²) in [7, 11) is 0. The molecule has 1 unspecified atom stereocenters. The van der Waals surface area contributed by atoms with Gasteiger partial charge < -0.3 is 5.32 Å². The zero-order valence-corrected chi connectivity index (χ0v) is 11.6. The molecule has 2 rings (SSSR count). The first-order chi connectivity index (χ1) is 9.11. The predicted octanol–water partition coefficient (Wildman–Crippen LogP) is 2.62. The SMILES string of the molecule is CCCNC(Cc1ccc([N+](=O)[O-])c(C)n1)C1CC1. The Labute approximate surface area is 113 Å². The molecule has 0 aromatic carbocycles. The van der Waals surface area contributed by atoms with Crippen LogP contribution in [0.4, 0.5) is 5.69 Å². The van der Waals surface area contributed by atoms with Crippen molar-refractivity contribution in [3.63, 3.8) is 0 Å². The third-order valence-electron chi connectivity index (χ3n) is 3.59. The molecule has 1 aromatic heterocycles. The molecule has 1 aromatic rings. The fourth-order valence-corrected chi connectivity index (χ4v) is 2.37. The number of aryl methyl sites for hydroxylation is 1. The highest BCUT2D eigenvalue weighted by atomic mass is 16.6. The van der Waals surface area contributed by atoms with E-state index in [1.807, 2.05) is 0 Å². The van der Waals surface area contributed by atoms with Crippen LogP contribution in [-0.4, -0.2) is 22.5 Å². The van der Waals surface area contributed by atoms with Crippen LogP contribution in [0, 0.1) is 23.0 Å². The highest BCUT2D eigenvalue weighted by molar-refractivity contribution is 5.35. The normalized spacial score (nSPS) is 16.3. The first kappa shape index (κ1) is 13.9. The van der Waals surface area contributed by atoms with Gasteiger partial charge in [0.25, 0.3) is 5.69 Å². The fourth-order valence-electron chi connectivity index (χ4n) is 2.37. The Morgan fingerprint density at radius 1 is 1.53 bits per heavy atom. The summed E-state index contributed by atoms with van der Waals surface area (Å²) >= 11 is 0. The summed E-state index contributed by atoms with van der Waals surface area (Å²) < 4.78 is 0. The number of hydrogen-bond donors (Lipinski definition) is 1. The summed E-state index contributed by atoms with van der Waals surface area (Å²) in [6, 6.07) is 3.82. The summed E-state index contributed by atoms with van der Waals surface area (Å²) in [5.41, 5.74) is 1.56. The lowest BCUT2D eigenvalue weighted by atomic mass is 10.1. The summed E-state index contributed by atoms with van der Waals surface area (Å²) in [6.45, 7) is 4.88. The van der Waals surface area contributed by atoms with Gasteiger partial charge in [-0.25, -0.2) is 0 Å². The van der Waals surface area contributed by atoms with Gasteiger partial charge in [0.2, 0.25) is 0 Å². The van der Waals surface area contributed by atoms with Crippen LogP contribution in [0.15, 0.2) is 12.1 Å². The summed E-state index contributed by atoms with van der Waals surface area (Å²) in [5, 5.41) is 14.3. The average Bonchev–Trinajstić information content (AvgIpc) is 3.18. The third-order valence-corrected chi connectivity index (χ3v) is 3.59. The molecule has 1 heterocycles. The van der Waals surface area contributed by atoms with E-state index in [1.54, 1.807) is 19.1 Å². The lowest BCUT2D eigenvalue weighted by molar-refractivity contribution is -0.385. The summed E-state index contributed by atoms with van der Waals surface area (Å²) in [6.07, 6.45) is 4.56. The van der Waals surface area contributed by atoms with Crippen molar-refractivity contribution in [2.75, 3.05) is 6.54 Å². The summed E-state index contributed by atoms with van der Waals surface area (Å²) in [4.78, 5) is 14.8. The van der Waals surface area contributed by atoms with E-state index in [-0.39, 0.29) is 10.6 Å². The minimum Gasteiger partial charge on any atom is -0.313 e. The van der Waals surface area contributed by atoms with E-state index in [0.717, 1.165) is 31.0 Å². The van der Waals surface area contributed by atoms with Crippen molar-refractivity contribution in [1.82, 2.24) is 10.3 Å². The maximum atomic E-state index is 10.8. The number of aromatic nitrogens is 1. The van der Waals surface area contributed by atoms with Crippen LogP contribution >= 0.6 is 0 Å². The van der Waals surface area contributed by atoms with Crippen molar-refractivity contribution in [2.45, 2.75) is 45.6 Å². The largest absolute Gasteiger partial charge is 0.313 e. The second-order valence-electron chi connectivity index (χ2n) is 5.27. The molecule has 1 atom stereocenters. The molecule has 1 aliphatic rings. The lowest BCUT2D eigenvalue weighted by Crippen LogP contribution is -2.34. The third kappa shape index (κ3) is 3.73. The molecule has 0 aliphatic heterocycles. The molecule has 1 saturated carbocycles. The Morgan fingerprint density at radius 2 is 2.26 bits per heavy atom. The Balaban J connectivity index is 2.04. The molecule has 5 nitrogen and oxygen atoms in total. The number of nitrogens with one attached hydrogen (secondary N) is 1. The standard InChI is InChI=1S/C14H21N3O2/c1-3-8-15-13(11-4-5-11)9-12-6-7-14(17(18)19)10(2)16-12/h6-7,11,13,15H,3-5,8-9H2,1-2H3. The van der Waals surface area contributed by atoms with Gasteiger partial charge in [0, 0.05) is 24.2 Å². The molecule has 0 bridgehead atoms. The van der Waals surface area contributed by atoms with Gasteiger partial charge in [-0.3, -0.25) is 15.1 Å². The van der Waals surface area contributed by atoms with Gasteiger partial charge in [0.1, 0.15) is 5.69 Å². The smallest absolute Gasteiger partial charge is 0.290 e. The molecule has 1 N–H and O–H groups in total. The molecule has 0 radical (unpaired) electrons. The summed E-state index contributed by atoms with van der Waals surface area (Å²) in [5.74, 6) is 0.754. The minimum absolute atomic E-state index is 0.105. The second kappa shape index (κ2) is 6.10. The highest BCUT2D eigenvalue weighted by Gasteiger charge is 2.31. The van der Waals surface area contributed by atoms with Crippen LogP contribution in [0.25, 0.3) is 0 Å². The lowest BCUT2D eigenvalue weighted by Gasteiger charge is -2.17. The molecular weight excluding hydrogens is 242 g/mol. The van der Waals surface area contributed by atoms with Gasteiger partial charge in [0.05, 0.1) is 4.92 Å². The van der Waals surface area contributed by atoms with Crippen LogP contribution in [0.5, 0.6) is 0 Å². The van der Waals surface area contributed by atoms with Crippen LogP contribution in [0.1, 0.15) is 37.6 Å². The van der Waals surface area contributed by atoms with Gasteiger partial charge in [-0.2, -0.15) is 0 Å². The Bertz CT molecular complexity index is 458. The molecule has 19 heavy (non-hydrogen) atoms. The zero-order chi connectivity index (χ0) is 13.8. The Hall–Kier alpha value is -1.49. The average molecular weight is 263 g/mol. The number of nitro groups is 1. The second-order valence-corrected chi connectivity index (χ2v) is 5.27. The maximum absolute atomic E-state index is 10.8. The number of nitrogens with zero attached hydrogens (tertiary/aromatic N) is 2. The quantitative estimate of drug-likeness (QED) is 0.606. The Morgan fingerprint density at radius 3 is 2.79 bits per heavy atom. The Kier molecular flexibility index (Phi) is 4.47. The van der Waals surface area contributed by atoms with Crippen molar-refractivity contribution in [3.05, 3.63) is 33.6 Å². The molecule has 0 saturated heterocycles. The van der Waals surface area contributed by atoms with Crippen LogP contribution in [0.3, 0.4) is 0 Å². The molecule has 0 amide bonds. The molecular formula is C14H21N3O2. The molecule has 1 fully saturated rings. The van der Waals surface area contributed by atoms with Crippen molar-refractivity contribution >= 4 is 5.69 Å². The van der Waals surface area contributed by atoms with Gasteiger partial charge >= 0.3 is 0 Å². The van der Waals surface area contributed by atoms with Crippen molar-refractivity contribution in [2.24, 2.45) is 5.92 Å². The van der Waals surface area contributed by atoms with Gasteiger partial charge in [-0.15, -0.1) is 0 Å². The van der Waals surface area contributed by atoms with Gasteiger partial charge in [-0.1, -0.05) is 6.92 Å². The van der Waals surface area contributed by atoms with E-state index in [9.17, 15) is 10.1 Å². The minimum atomic E-state index is -0.375. The van der Waals surface area contributed by atoms with Crippen LogP contribution in [0.2, 0.25) is 0 Å². The van der Waals surface area contributed by atoms with Crippen molar-refractivity contribution in [1.29, 1.82) is 0 Å². The van der Waals surface area contributed by atoms with Crippen molar-refractivity contribution in [3.8, 4) is 0 Å². The van der Waals surface area contributed by atoms with Gasteiger partial charge in [0.15, 0.2) is 0 Å². The highest BCUT2D eigenvalue weighted by Crippen LogP contribution is 2.34. The fraction of sp³-hybridized carbons (Fsp3) is 0.643. The molecule has 0 spiro atoms. The number of pyridine rings is 1. The van der Waals surface area contributed by atoms with E-state index in [4.69, 9.17) is 0 Å².